The van der Waals surface area contributed by atoms with Crippen LogP contribution in [0.25, 0.3) is 0 Å². The number of aliphatic hydroxyl groups is 1. The van der Waals surface area contributed by atoms with Crippen LogP contribution in [0.1, 0.15) is 12.5 Å². The minimum absolute atomic E-state index is 0.137. The molecule has 1 atom stereocenters. The van der Waals surface area contributed by atoms with Crippen molar-refractivity contribution in [2.24, 2.45) is 5.73 Å². The predicted octanol–water partition coefficient (Wildman–Crippen LogP) is 0.0643. The van der Waals surface area contributed by atoms with E-state index >= 15 is 0 Å². The molecule has 1 aromatic rings. The van der Waals surface area contributed by atoms with Crippen LogP contribution in [0.5, 0.6) is 0 Å². The number of amides is 3. The molecule has 0 aliphatic carbocycles. The van der Waals surface area contributed by atoms with Gasteiger partial charge in [-0.3, -0.25) is 4.79 Å². The second-order valence-electron chi connectivity index (χ2n) is 4.20. The van der Waals surface area contributed by atoms with E-state index in [0.717, 1.165) is 5.56 Å². The summed E-state index contributed by atoms with van der Waals surface area (Å²) >= 11 is 0. The first-order valence-electron chi connectivity index (χ1n) is 6.04. The summed E-state index contributed by atoms with van der Waals surface area (Å²) in [5, 5.41) is 11.4. The molecule has 1 unspecified atom stereocenters. The summed E-state index contributed by atoms with van der Waals surface area (Å²) in [6.07, 6.45) is 0. The summed E-state index contributed by atoms with van der Waals surface area (Å²) in [4.78, 5) is 24.3. The Morgan fingerprint density at radius 3 is 2.53 bits per heavy atom. The highest BCUT2D eigenvalue weighted by molar-refractivity contribution is 5.86. The van der Waals surface area contributed by atoms with Crippen LogP contribution in [0, 0.1) is 0 Å². The van der Waals surface area contributed by atoms with Crippen molar-refractivity contribution < 1.29 is 14.7 Å². The Hall–Kier alpha value is -2.08. The molecule has 6 nitrogen and oxygen atoms in total. The average molecular weight is 265 g/mol. The lowest BCUT2D eigenvalue weighted by Crippen LogP contribution is -2.48. The number of primary amides is 1. The van der Waals surface area contributed by atoms with Gasteiger partial charge in [0.1, 0.15) is 6.04 Å². The first-order valence-corrected chi connectivity index (χ1v) is 6.04. The SMILES string of the molecule is CC(NC(N)=O)C(=O)N(CCO)Cc1ccccc1. The standard InChI is InChI=1S/C13H19N3O3/c1-10(15-13(14)19)12(18)16(7-8-17)9-11-5-3-2-4-6-11/h2-6,10,17H,7-9H2,1H3,(H3,14,15,19). The third kappa shape index (κ3) is 4.97. The van der Waals surface area contributed by atoms with Crippen LogP contribution in [-0.4, -0.2) is 41.1 Å². The minimum Gasteiger partial charge on any atom is -0.395 e. The largest absolute Gasteiger partial charge is 0.395 e. The number of nitrogens with two attached hydrogens (primary N) is 1. The molecule has 19 heavy (non-hydrogen) atoms. The number of hydrogen-bond acceptors (Lipinski definition) is 3. The van der Waals surface area contributed by atoms with E-state index in [1.807, 2.05) is 30.3 Å². The molecule has 0 aliphatic rings. The highest BCUT2D eigenvalue weighted by Gasteiger charge is 2.21. The maximum absolute atomic E-state index is 12.1. The molecule has 3 amide bonds. The molecule has 0 saturated carbocycles. The molecule has 1 rings (SSSR count). The van der Waals surface area contributed by atoms with E-state index in [1.165, 1.54) is 4.90 Å². The highest BCUT2D eigenvalue weighted by Crippen LogP contribution is 2.06. The molecule has 0 aliphatic heterocycles. The van der Waals surface area contributed by atoms with E-state index in [0.29, 0.717) is 6.54 Å². The molecular weight excluding hydrogens is 246 g/mol. The van der Waals surface area contributed by atoms with Crippen LogP contribution in [-0.2, 0) is 11.3 Å². The normalized spacial score (nSPS) is 11.7. The summed E-state index contributed by atoms with van der Waals surface area (Å²) in [6, 6.07) is 7.97. The fourth-order valence-electron chi connectivity index (χ4n) is 1.74. The van der Waals surface area contributed by atoms with Crippen LogP contribution in [0.3, 0.4) is 0 Å². The Labute approximate surface area is 112 Å². The molecule has 0 fully saturated rings. The van der Waals surface area contributed by atoms with Crippen LogP contribution in [0.2, 0.25) is 0 Å². The van der Waals surface area contributed by atoms with Gasteiger partial charge in [-0.25, -0.2) is 4.79 Å². The number of nitrogens with zero attached hydrogens (tertiary/aromatic N) is 1. The highest BCUT2D eigenvalue weighted by atomic mass is 16.3. The molecule has 0 spiro atoms. The van der Waals surface area contributed by atoms with Gasteiger partial charge in [0.2, 0.25) is 5.91 Å². The summed E-state index contributed by atoms with van der Waals surface area (Å²) < 4.78 is 0. The van der Waals surface area contributed by atoms with Gasteiger partial charge in [0.25, 0.3) is 0 Å². The number of aliphatic hydroxyl groups excluding tert-OH is 1. The average Bonchev–Trinajstić information content (AvgIpc) is 2.38. The monoisotopic (exact) mass is 265 g/mol. The molecule has 104 valence electrons. The van der Waals surface area contributed by atoms with Gasteiger partial charge in [0, 0.05) is 13.1 Å². The van der Waals surface area contributed by atoms with E-state index in [-0.39, 0.29) is 19.1 Å². The Kier molecular flexibility index (Phi) is 5.81. The van der Waals surface area contributed by atoms with Crippen LogP contribution in [0.4, 0.5) is 4.79 Å². The van der Waals surface area contributed by atoms with Gasteiger partial charge in [-0.1, -0.05) is 30.3 Å². The molecule has 6 heteroatoms. The molecule has 0 aromatic heterocycles. The maximum atomic E-state index is 12.1. The van der Waals surface area contributed by atoms with Gasteiger partial charge in [-0.2, -0.15) is 0 Å². The molecule has 4 N–H and O–H groups in total. The van der Waals surface area contributed by atoms with Crippen LogP contribution < -0.4 is 11.1 Å². The van der Waals surface area contributed by atoms with Gasteiger partial charge in [0.15, 0.2) is 0 Å². The summed E-state index contributed by atoms with van der Waals surface area (Å²) in [5.74, 6) is -0.281. The minimum atomic E-state index is -0.746. The lowest BCUT2D eigenvalue weighted by atomic mass is 10.2. The van der Waals surface area contributed by atoms with E-state index in [9.17, 15) is 9.59 Å². The van der Waals surface area contributed by atoms with Gasteiger partial charge in [-0.15, -0.1) is 0 Å². The van der Waals surface area contributed by atoms with Gasteiger partial charge < -0.3 is 21.1 Å². The molecule has 0 saturated heterocycles. The van der Waals surface area contributed by atoms with Crippen LogP contribution in [0.15, 0.2) is 30.3 Å². The fourth-order valence-corrected chi connectivity index (χ4v) is 1.74. The Bertz CT molecular complexity index is 422. The van der Waals surface area contributed by atoms with E-state index in [2.05, 4.69) is 5.32 Å². The summed E-state index contributed by atoms with van der Waals surface area (Å²) in [5.41, 5.74) is 5.94. The van der Waals surface area contributed by atoms with Gasteiger partial charge in [0.05, 0.1) is 6.61 Å². The topological polar surface area (TPSA) is 95.7 Å². The molecule has 1 aromatic carbocycles. The van der Waals surface area contributed by atoms with Crippen molar-refractivity contribution in [2.45, 2.75) is 19.5 Å². The number of hydrogen-bond donors (Lipinski definition) is 3. The number of rotatable bonds is 6. The second-order valence-corrected chi connectivity index (χ2v) is 4.20. The third-order valence-electron chi connectivity index (χ3n) is 2.63. The zero-order valence-corrected chi connectivity index (χ0v) is 10.9. The Morgan fingerprint density at radius 2 is 2.00 bits per heavy atom. The third-order valence-corrected chi connectivity index (χ3v) is 2.63. The lowest BCUT2D eigenvalue weighted by Gasteiger charge is -2.25. The summed E-state index contributed by atoms with van der Waals surface area (Å²) in [6.45, 7) is 2.01. The van der Waals surface area contributed by atoms with Crippen molar-refractivity contribution in [3.63, 3.8) is 0 Å². The molecule has 0 radical (unpaired) electrons. The number of urea groups is 1. The number of carbonyl (C=O) groups excluding carboxylic acids is 2. The van der Waals surface area contributed by atoms with Crippen molar-refractivity contribution in [3.8, 4) is 0 Å². The smallest absolute Gasteiger partial charge is 0.312 e. The zero-order chi connectivity index (χ0) is 14.3. The Balaban J connectivity index is 2.71. The van der Waals surface area contributed by atoms with E-state index in [4.69, 9.17) is 10.8 Å². The number of carbonyl (C=O) groups is 2. The molecule has 0 heterocycles. The van der Waals surface area contributed by atoms with E-state index in [1.54, 1.807) is 6.92 Å². The fraction of sp³-hybridized carbons (Fsp3) is 0.385. The van der Waals surface area contributed by atoms with Crippen molar-refractivity contribution in [2.75, 3.05) is 13.2 Å². The van der Waals surface area contributed by atoms with Gasteiger partial charge >= 0.3 is 6.03 Å². The van der Waals surface area contributed by atoms with Crippen molar-refractivity contribution >= 4 is 11.9 Å². The second kappa shape index (κ2) is 7.38. The summed E-state index contributed by atoms with van der Waals surface area (Å²) in [7, 11) is 0. The lowest BCUT2D eigenvalue weighted by molar-refractivity contribution is -0.133. The number of benzene rings is 1. The predicted molar refractivity (Wildman–Crippen MR) is 71.1 cm³/mol. The number of nitrogens with one attached hydrogen (secondary N) is 1. The Morgan fingerprint density at radius 1 is 1.37 bits per heavy atom. The molecule has 0 bridgehead atoms. The quantitative estimate of drug-likeness (QED) is 0.679. The van der Waals surface area contributed by atoms with Crippen molar-refractivity contribution in [3.05, 3.63) is 35.9 Å². The first-order chi connectivity index (χ1) is 9.04. The van der Waals surface area contributed by atoms with Crippen LogP contribution >= 0.6 is 0 Å². The van der Waals surface area contributed by atoms with Crippen molar-refractivity contribution in [1.29, 1.82) is 0 Å². The maximum Gasteiger partial charge on any atom is 0.312 e. The molecular formula is C13H19N3O3. The zero-order valence-electron chi connectivity index (χ0n) is 10.9. The van der Waals surface area contributed by atoms with Gasteiger partial charge in [-0.05, 0) is 12.5 Å². The first kappa shape index (κ1) is 15.0. The van der Waals surface area contributed by atoms with Crippen molar-refractivity contribution in [1.82, 2.24) is 10.2 Å². The van der Waals surface area contributed by atoms with E-state index < -0.39 is 12.1 Å².